The van der Waals surface area contributed by atoms with Crippen molar-refractivity contribution in [3.63, 3.8) is 0 Å². The molecule has 0 spiro atoms. The number of H-pyrrole nitrogens is 1. The minimum Gasteiger partial charge on any atom is -0.383 e. The number of aromatic nitrogens is 2. The van der Waals surface area contributed by atoms with Crippen molar-refractivity contribution < 1.29 is 0 Å². The van der Waals surface area contributed by atoms with E-state index < -0.39 is 0 Å². The predicted octanol–water partition coefficient (Wildman–Crippen LogP) is 4.59. The number of hydrogen-bond acceptors (Lipinski definition) is 5. The lowest BCUT2D eigenvalue weighted by molar-refractivity contribution is 0.296. The van der Waals surface area contributed by atoms with E-state index in [4.69, 9.17) is 4.98 Å². The van der Waals surface area contributed by atoms with E-state index >= 15 is 0 Å². The van der Waals surface area contributed by atoms with Crippen LogP contribution in [-0.2, 0) is 0 Å². The van der Waals surface area contributed by atoms with Crippen LogP contribution in [0.3, 0.4) is 0 Å². The minimum absolute atomic E-state index is 0.0867. The SMILES string of the molecule is CCN(CC)CCCCCNc1cc(=O)[nH]c2ccc(NC3CCCCC3)nc12. The molecule has 1 fully saturated rings. The highest BCUT2D eigenvalue weighted by molar-refractivity contribution is 5.88. The molecule has 6 heteroatoms. The maximum atomic E-state index is 12.0. The Morgan fingerprint density at radius 2 is 1.90 bits per heavy atom. The van der Waals surface area contributed by atoms with Crippen LogP contribution >= 0.6 is 0 Å². The number of pyridine rings is 2. The molecule has 1 saturated carbocycles. The number of fused-ring (bicyclic) bond motifs is 1. The average molecular weight is 400 g/mol. The molecule has 0 aromatic carbocycles. The zero-order valence-electron chi connectivity index (χ0n) is 18.1. The zero-order valence-corrected chi connectivity index (χ0v) is 18.1. The molecule has 2 heterocycles. The first-order valence-corrected chi connectivity index (χ1v) is 11.5. The van der Waals surface area contributed by atoms with Gasteiger partial charge < -0.3 is 20.5 Å². The average Bonchev–Trinajstić information content (AvgIpc) is 2.74. The van der Waals surface area contributed by atoms with Crippen LogP contribution in [-0.4, -0.2) is 47.1 Å². The van der Waals surface area contributed by atoms with Gasteiger partial charge in [0.2, 0.25) is 0 Å². The fraction of sp³-hybridized carbons (Fsp3) is 0.652. The van der Waals surface area contributed by atoms with Gasteiger partial charge in [-0.2, -0.15) is 0 Å². The number of anilines is 2. The highest BCUT2D eigenvalue weighted by Crippen LogP contribution is 2.24. The van der Waals surface area contributed by atoms with Gasteiger partial charge in [0.05, 0.1) is 11.2 Å². The second-order valence-corrected chi connectivity index (χ2v) is 8.13. The van der Waals surface area contributed by atoms with Gasteiger partial charge in [0, 0.05) is 18.7 Å². The standard InChI is InChI=1S/C23H37N5O/c1-3-28(4-2)16-10-6-9-15-24-20-17-22(29)26-19-13-14-21(27-23(19)20)25-18-11-7-5-8-12-18/h13-14,17-18H,3-12,15-16H2,1-2H3,(H,25,27)(H2,24,26,29). The largest absolute Gasteiger partial charge is 0.383 e. The minimum atomic E-state index is -0.0867. The molecule has 0 aliphatic heterocycles. The number of unbranched alkanes of at least 4 members (excludes halogenated alkanes) is 2. The van der Waals surface area contributed by atoms with Crippen molar-refractivity contribution in [2.24, 2.45) is 0 Å². The molecule has 1 aliphatic rings. The van der Waals surface area contributed by atoms with Crippen molar-refractivity contribution in [3.8, 4) is 0 Å². The smallest absolute Gasteiger partial charge is 0.250 e. The zero-order chi connectivity index (χ0) is 20.5. The number of nitrogens with zero attached hydrogens (tertiary/aromatic N) is 2. The van der Waals surface area contributed by atoms with Crippen molar-refractivity contribution >= 4 is 22.5 Å². The summed E-state index contributed by atoms with van der Waals surface area (Å²) in [6.45, 7) is 8.70. The van der Waals surface area contributed by atoms with Crippen LogP contribution < -0.4 is 16.2 Å². The summed E-state index contributed by atoms with van der Waals surface area (Å²) in [6.07, 6.45) is 9.84. The normalized spacial score (nSPS) is 15.1. The molecule has 0 atom stereocenters. The van der Waals surface area contributed by atoms with Gasteiger partial charge in [0.25, 0.3) is 5.56 Å². The molecule has 0 saturated heterocycles. The van der Waals surface area contributed by atoms with Gasteiger partial charge in [-0.05, 0) is 57.5 Å². The van der Waals surface area contributed by atoms with Crippen LogP contribution in [0.1, 0.15) is 65.2 Å². The van der Waals surface area contributed by atoms with Gasteiger partial charge >= 0.3 is 0 Å². The van der Waals surface area contributed by atoms with Crippen LogP contribution in [0.25, 0.3) is 11.0 Å². The van der Waals surface area contributed by atoms with Crippen molar-refractivity contribution in [2.75, 3.05) is 36.8 Å². The lowest BCUT2D eigenvalue weighted by atomic mass is 9.95. The molecule has 3 rings (SSSR count). The highest BCUT2D eigenvalue weighted by atomic mass is 16.1. The maximum Gasteiger partial charge on any atom is 0.250 e. The Labute approximate surface area is 174 Å². The summed E-state index contributed by atoms with van der Waals surface area (Å²) < 4.78 is 0. The van der Waals surface area contributed by atoms with Gasteiger partial charge in [0.1, 0.15) is 11.3 Å². The van der Waals surface area contributed by atoms with Crippen LogP contribution in [0.4, 0.5) is 11.5 Å². The third-order valence-electron chi connectivity index (χ3n) is 6.00. The molecular formula is C23H37N5O. The van der Waals surface area contributed by atoms with Gasteiger partial charge in [-0.1, -0.05) is 39.5 Å². The molecule has 0 bridgehead atoms. The lowest BCUT2D eigenvalue weighted by Crippen LogP contribution is -2.24. The van der Waals surface area contributed by atoms with E-state index in [1.807, 2.05) is 12.1 Å². The molecule has 0 amide bonds. The molecule has 1 aliphatic carbocycles. The van der Waals surface area contributed by atoms with Crippen LogP contribution in [0.2, 0.25) is 0 Å². The maximum absolute atomic E-state index is 12.0. The van der Waals surface area contributed by atoms with E-state index in [1.165, 1.54) is 51.5 Å². The fourth-order valence-electron chi connectivity index (χ4n) is 4.20. The molecule has 29 heavy (non-hydrogen) atoms. The molecule has 2 aromatic heterocycles. The first-order chi connectivity index (χ1) is 14.2. The molecular weight excluding hydrogens is 362 g/mol. The first kappa shape index (κ1) is 21.6. The van der Waals surface area contributed by atoms with E-state index in [2.05, 4.69) is 34.4 Å². The molecule has 3 N–H and O–H groups in total. The first-order valence-electron chi connectivity index (χ1n) is 11.5. The molecule has 0 radical (unpaired) electrons. The third kappa shape index (κ3) is 6.46. The van der Waals surface area contributed by atoms with Gasteiger partial charge in [0.15, 0.2) is 0 Å². The fourth-order valence-corrected chi connectivity index (χ4v) is 4.20. The molecule has 2 aromatic rings. The van der Waals surface area contributed by atoms with Crippen LogP contribution in [0.5, 0.6) is 0 Å². The Bertz CT molecular complexity index is 809. The Hall–Kier alpha value is -2.08. The number of rotatable bonds is 11. The van der Waals surface area contributed by atoms with Crippen molar-refractivity contribution in [3.05, 3.63) is 28.6 Å². The molecule has 160 valence electrons. The van der Waals surface area contributed by atoms with E-state index in [0.717, 1.165) is 48.6 Å². The molecule has 0 unspecified atom stereocenters. The summed E-state index contributed by atoms with van der Waals surface area (Å²) in [4.78, 5) is 22.2. The molecule has 6 nitrogen and oxygen atoms in total. The Morgan fingerprint density at radius 3 is 2.66 bits per heavy atom. The summed E-state index contributed by atoms with van der Waals surface area (Å²) in [5, 5.41) is 7.04. The van der Waals surface area contributed by atoms with Gasteiger partial charge in [-0.25, -0.2) is 4.98 Å². The topological polar surface area (TPSA) is 73.1 Å². The summed E-state index contributed by atoms with van der Waals surface area (Å²) in [5.41, 5.74) is 2.38. The third-order valence-corrected chi connectivity index (χ3v) is 6.00. The summed E-state index contributed by atoms with van der Waals surface area (Å²) >= 11 is 0. The number of hydrogen-bond donors (Lipinski definition) is 3. The quantitative estimate of drug-likeness (QED) is 0.482. The predicted molar refractivity (Wildman–Crippen MR) is 123 cm³/mol. The summed E-state index contributed by atoms with van der Waals surface area (Å²) in [7, 11) is 0. The van der Waals surface area contributed by atoms with Crippen LogP contribution in [0, 0.1) is 0 Å². The van der Waals surface area contributed by atoms with E-state index in [9.17, 15) is 4.79 Å². The van der Waals surface area contributed by atoms with E-state index in [1.54, 1.807) is 6.07 Å². The second-order valence-electron chi connectivity index (χ2n) is 8.13. The van der Waals surface area contributed by atoms with Crippen molar-refractivity contribution in [1.29, 1.82) is 0 Å². The lowest BCUT2D eigenvalue weighted by Gasteiger charge is -2.23. The Morgan fingerprint density at radius 1 is 1.10 bits per heavy atom. The number of aromatic amines is 1. The van der Waals surface area contributed by atoms with E-state index in [0.29, 0.717) is 6.04 Å². The highest BCUT2D eigenvalue weighted by Gasteiger charge is 2.14. The Kier molecular flexibility index (Phi) is 8.35. The van der Waals surface area contributed by atoms with E-state index in [-0.39, 0.29) is 5.56 Å². The van der Waals surface area contributed by atoms with Gasteiger partial charge in [-0.3, -0.25) is 4.79 Å². The van der Waals surface area contributed by atoms with Gasteiger partial charge in [-0.15, -0.1) is 0 Å². The number of nitrogens with one attached hydrogen (secondary N) is 3. The van der Waals surface area contributed by atoms with Crippen LogP contribution in [0.15, 0.2) is 23.0 Å². The summed E-state index contributed by atoms with van der Waals surface area (Å²) in [6, 6.07) is 6.09. The second kappa shape index (κ2) is 11.2. The monoisotopic (exact) mass is 399 g/mol. The summed E-state index contributed by atoms with van der Waals surface area (Å²) in [5.74, 6) is 0.902. The Balaban J connectivity index is 1.59. The van der Waals surface area contributed by atoms with Crippen molar-refractivity contribution in [1.82, 2.24) is 14.9 Å². The van der Waals surface area contributed by atoms with Crippen molar-refractivity contribution in [2.45, 2.75) is 71.3 Å².